The van der Waals surface area contributed by atoms with Gasteiger partial charge < -0.3 is 19.4 Å². The maximum absolute atomic E-state index is 15.2. The van der Waals surface area contributed by atoms with Crippen LogP contribution in [0.3, 0.4) is 0 Å². The molecule has 208 valence electrons. The van der Waals surface area contributed by atoms with E-state index >= 15 is 8.78 Å². The second-order valence-corrected chi connectivity index (χ2v) is 10.6. The van der Waals surface area contributed by atoms with E-state index in [1.807, 2.05) is 6.07 Å². The van der Waals surface area contributed by atoms with Crippen LogP contribution in [0.2, 0.25) is 0 Å². The molecule has 0 unspecified atom stereocenters. The number of carbonyl (C=O) groups is 1. The number of anilines is 2. The van der Waals surface area contributed by atoms with Crippen LogP contribution in [0.5, 0.6) is 11.5 Å². The number of nitrogens with one attached hydrogen (secondary N) is 1. The van der Waals surface area contributed by atoms with Gasteiger partial charge in [0.15, 0.2) is 23.1 Å². The number of urea groups is 1. The lowest BCUT2D eigenvalue weighted by molar-refractivity contribution is 0.125. The first-order valence-corrected chi connectivity index (χ1v) is 13.5. The number of pyridine rings is 1. The number of carbonyl (C=O) groups excluding carboxylic acids is 1. The fourth-order valence-electron chi connectivity index (χ4n) is 5.89. The number of aromatic nitrogens is 2. The van der Waals surface area contributed by atoms with Crippen molar-refractivity contribution in [3.8, 4) is 11.5 Å². The lowest BCUT2D eigenvalue weighted by Gasteiger charge is -2.35. The molecule has 4 heterocycles. The van der Waals surface area contributed by atoms with Crippen molar-refractivity contribution in [2.75, 3.05) is 63.8 Å². The van der Waals surface area contributed by atoms with Gasteiger partial charge in [0, 0.05) is 68.2 Å². The number of nitrogens with zero attached hydrogens (tertiary/aromatic N) is 5. The predicted octanol–water partition coefficient (Wildman–Crippen LogP) is 4.15. The van der Waals surface area contributed by atoms with Crippen molar-refractivity contribution in [3.63, 3.8) is 0 Å². The van der Waals surface area contributed by atoms with Crippen molar-refractivity contribution in [1.29, 1.82) is 0 Å². The van der Waals surface area contributed by atoms with Gasteiger partial charge in [-0.3, -0.25) is 14.7 Å². The number of halogens is 2. The molecule has 0 atom stereocenters. The quantitative estimate of drug-likeness (QED) is 0.463. The van der Waals surface area contributed by atoms with E-state index in [0.29, 0.717) is 16.9 Å². The zero-order chi connectivity index (χ0) is 27.3. The SMILES string of the molecule is COc1cc(OC)c(F)c(N2Cc3cnc4[nH]c(CCCN5CCN(C6CC6)CC5)cc4c3N(C)C2=O)c1F. The van der Waals surface area contributed by atoms with E-state index < -0.39 is 23.4 Å². The van der Waals surface area contributed by atoms with Crippen LogP contribution in [0.4, 0.5) is 25.0 Å². The number of ether oxygens (including phenoxy) is 2. The molecule has 1 saturated carbocycles. The molecule has 0 bridgehead atoms. The van der Waals surface area contributed by atoms with Gasteiger partial charge in [-0.25, -0.2) is 18.6 Å². The van der Waals surface area contributed by atoms with Crippen LogP contribution in [-0.2, 0) is 13.0 Å². The number of hydrogen-bond donors (Lipinski definition) is 1. The Bertz CT molecular complexity index is 1370. The Morgan fingerprint density at radius 3 is 2.36 bits per heavy atom. The number of aryl methyl sites for hydroxylation is 1. The summed E-state index contributed by atoms with van der Waals surface area (Å²) in [6.45, 7) is 5.60. The molecule has 2 aromatic heterocycles. The molecule has 0 spiro atoms. The molecule has 6 rings (SSSR count). The van der Waals surface area contributed by atoms with Crippen molar-refractivity contribution >= 4 is 28.4 Å². The number of methoxy groups -OCH3 is 2. The van der Waals surface area contributed by atoms with Crippen LogP contribution in [0.15, 0.2) is 18.3 Å². The van der Waals surface area contributed by atoms with Gasteiger partial charge in [0.1, 0.15) is 11.3 Å². The van der Waals surface area contributed by atoms with Gasteiger partial charge in [0.25, 0.3) is 0 Å². The Hall–Kier alpha value is -3.44. The van der Waals surface area contributed by atoms with E-state index in [1.54, 1.807) is 13.2 Å². The summed E-state index contributed by atoms with van der Waals surface area (Å²) in [5.41, 5.74) is 2.61. The van der Waals surface area contributed by atoms with E-state index in [1.165, 1.54) is 45.1 Å². The number of piperazine rings is 1. The maximum Gasteiger partial charge on any atom is 0.329 e. The van der Waals surface area contributed by atoms with Gasteiger partial charge in [-0.05, 0) is 38.3 Å². The van der Waals surface area contributed by atoms with Crippen LogP contribution >= 0.6 is 0 Å². The lowest BCUT2D eigenvalue weighted by atomic mass is 10.1. The smallest absolute Gasteiger partial charge is 0.329 e. The summed E-state index contributed by atoms with van der Waals surface area (Å²) in [7, 11) is 4.16. The zero-order valence-corrected chi connectivity index (χ0v) is 22.6. The lowest BCUT2D eigenvalue weighted by Crippen LogP contribution is -2.47. The number of hydrogen-bond acceptors (Lipinski definition) is 6. The minimum atomic E-state index is -0.965. The van der Waals surface area contributed by atoms with E-state index in [2.05, 4.69) is 19.8 Å². The van der Waals surface area contributed by atoms with Crippen LogP contribution in [-0.4, -0.2) is 85.8 Å². The monoisotopic (exact) mass is 540 g/mol. The highest BCUT2D eigenvalue weighted by molar-refractivity contribution is 6.11. The van der Waals surface area contributed by atoms with Gasteiger partial charge >= 0.3 is 6.03 Å². The molecule has 1 saturated heterocycles. The first kappa shape index (κ1) is 25.8. The highest BCUT2D eigenvalue weighted by atomic mass is 19.1. The standard InChI is InChI=1S/C28H34F2N6O3/c1-33-25-17(16-36(28(33)37)26-23(29)21(38-2)14-22(39-3)24(26)30)15-31-27-20(25)13-18(32-27)5-4-8-34-9-11-35(12-10-34)19-6-7-19/h13-15,19H,4-12,16H2,1-3H3,(H,31,32). The topological polar surface area (TPSA) is 77.2 Å². The largest absolute Gasteiger partial charge is 0.493 e. The fraction of sp³-hybridized carbons (Fsp3) is 0.500. The first-order chi connectivity index (χ1) is 18.9. The second-order valence-electron chi connectivity index (χ2n) is 10.6. The summed E-state index contributed by atoms with van der Waals surface area (Å²) >= 11 is 0. The zero-order valence-electron chi connectivity index (χ0n) is 22.6. The van der Waals surface area contributed by atoms with Gasteiger partial charge in [-0.2, -0.15) is 0 Å². The fourth-order valence-corrected chi connectivity index (χ4v) is 5.89. The molecular weight excluding hydrogens is 506 g/mol. The average Bonchev–Trinajstić information content (AvgIpc) is 3.71. The molecule has 3 aromatic rings. The number of H-pyrrole nitrogens is 1. The summed E-state index contributed by atoms with van der Waals surface area (Å²) in [6, 6.07) is 3.45. The van der Waals surface area contributed by atoms with Gasteiger partial charge in [0.05, 0.1) is 26.5 Å². The van der Waals surface area contributed by atoms with Crippen molar-refractivity contribution in [1.82, 2.24) is 19.8 Å². The highest BCUT2D eigenvalue weighted by Gasteiger charge is 2.36. The maximum atomic E-state index is 15.2. The molecule has 2 aliphatic heterocycles. The second kappa shape index (κ2) is 10.3. The molecular formula is C28H34F2N6O3. The van der Waals surface area contributed by atoms with Crippen molar-refractivity contribution < 1.29 is 23.0 Å². The van der Waals surface area contributed by atoms with Crippen molar-refractivity contribution in [2.24, 2.45) is 0 Å². The molecule has 1 aliphatic carbocycles. The number of amides is 2. The molecule has 9 nitrogen and oxygen atoms in total. The van der Waals surface area contributed by atoms with Gasteiger partial charge in [0.2, 0.25) is 0 Å². The molecule has 1 aromatic carbocycles. The molecule has 0 radical (unpaired) electrons. The average molecular weight is 541 g/mol. The van der Waals surface area contributed by atoms with Crippen LogP contribution in [0.25, 0.3) is 11.0 Å². The Balaban J connectivity index is 1.20. The van der Waals surface area contributed by atoms with E-state index in [0.717, 1.165) is 60.6 Å². The van der Waals surface area contributed by atoms with Crippen LogP contribution in [0, 0.1) is 11.6 Å². The third-order valence-corrected chi connectivity index (χ3v) is 8.15. The van der Waals surface area contributed by atoms with Crippen LogP contribution < -0.4 is 19.3 Å². The third kappa shape index (κ3) is 4.67. The van der Waals surface area contributed by atoms with Gasteiger partial charge in [-0.15, -0.1) is 0 Å². The molecule has 3 aliphatic rings. The Kier molecular flexibility index (Phi) is 6.80. The van der Waals surface area contributed by atoms with Gasteiger partial charge in [-0.1, -0.05) is 0 Å². The van der Waals surface area contributed by atoms with Crippen molar-refractivity contribution in [2.45, 2.75) is 38.3 Å². The Labute approximate surface area is 226 Å². The number of aromatic amines is 1. The van der Waals surface area contributed by atoms with E-state index in [9.17, 15) is 4.79 Å². The third-order valence-electron chi connectivity index (χ3n) is 8.15. The Morgan fingerprint density at radius 1 is 1.03 bits per heavy atom. The summed E-state index contributed by atoms with van der Waals surface area (Å²) < 4.78 is 40.6. The molecule has 2 amide bonds. The molecule has 1 N–H and O–H groups in total. The van der Waals surface area contributed by atoms with Crippen LogP contribution in [0.1, 0.15) is 30.5 Å². The first-order valence-electron chi connectivity index (χ1n) is 13.5. The summed E-state index contributed by atoms with van der Waals surface area (Å²) in [6.07, 6.45) is 6.27. The molecule has 2 fully saturated rings. The van der Waals surface area contributed by atoms with E-state index in [4.69, 9.17) is 9.47 Å². The number of benzene rings is 1. The molecule has 39 heavy (non-hydrogen) atoms. The van der Waals surface area contributed by atoms with Crippen molar-refractivity contribution in [3.05, 3.63) is 41.2 Å². The summed E-state index contributed by atoms with van der Waals surface area (Å²) in [5.74, 6) is -2.35. The highest BCUT2D eigenvalue weighted by Crippen LogP contribution is 2.42. The summed E-state index contributed by atoms with van der Waals surface area (Å²) in [5, 5.41) is 0.820. The minimum absolute atomic E-state index is 0.0427. The normalized spacial score (nSPS) is 18.6. The van der Waals surface area contributed by atoms with E-state index in [-0.39, 0.29) is 18.0 Å². The Morgan fingerprint density at radius 2 is 1.72 bits per heavy atom. The minimum Gasteiger partial charge on any atom is -0.493 e. The number of fused-ring (bicyclic) bond motifs is 3. The predicted molar refractivity (Wildman–Crippen MR) is 145 cm³/mol. The number of rotatable bonds is 8. The molecule has 11 heteroatoms. The summed E-state index contributed by atoms with van der Waals surface area (Å²) in [4.78, 5) is 29.1.